The normalized spacial score (nSPS) is 17.8. The van der Waals surface area contributed by atoms with Crippen molar-refractivity contribution in [2.45, 2.75) is 36.6 Å². The summed E-state index contributed by atoms with van der Waals surface area (Å²) in [7, 11) is -3.57. The van der Waals surface area contributed by atoms with Crippen molar-refractivity contribution in [3.63, 3.8) is 0 Å². The summed E-state index contributed by atoms with van der Waals surface area (Å²) in [5, 5.41) is 8.73. The Morgan fingerprint density at radius 3 is 2.40 bits per heavy atom. The molecule has 1 aromatic carbocycles. The largest absolute Gasteiger partial charge is 0.329 e. The van der Waals surface area contributed by atoms with Crippen molar-refractivity contribution in [1.82, 2.24) is 4.72 Å². The highest BCUT2D eigenvalue weighted by molar-refractivity contribution is 7.89. The Labute approximate surface area is 119 Å². The van der Waals surface area contributed by atoms with Crippen molar-refractivity contribution >= 4 is 10.0 Å². The first kappa shape index (κ1) is 15.0. The molecule has 0 spiro atoms. The monoisotopic (exact) mass is 293 g/mol. The SMILES string of the molecule is N#Cc1ccc(S(=O)(=O)NC(CN)C2CCCC2)cc1. The minimum absolute atomic E-state index is 0.174. The van der Waals surface area contributed by atoms with Gasteiger partial charge in [0, 0.05) is 12.6 Å². The fraction of sp³-hybridized carbons (Fsp3) is 0.500. The number of nitrogens with two attached hydrogens (primary N) is 1. The third kappa shape index (κ3) is 3.37. The molecule has 0 aliphatic heterocycles. The molecule has 2 rings (SSSR count). The van der Waals surface area contributed by atoms with Crippen LogP contribution >= 0.6 is 0 Å². The van der Waals surface area contributed by atoms with E-state index >= 15 is 0 Å². The van der Waals surface area contributed by atoms with Gasteiger partial charge in [0.25, 0.3) is 0 Å². The van der Waals surface area contributed by atoms with Gasteiger partial charge in [0.15, 0.2) is 0 Å². The average Bonchev–Trinajstić information content (AvgIpc) is 2.99. The topological polar surface area (TPSA) is 96.0 Å². The Balaban J connectivity index is 2.14. The Kier molecular flexibility index (Phi) is 4.76. The van der Waals surface area contributed by atoms with Crippen molar-refractivity contribution in [3.8, 4) is 6.07 Å². The molecular formula is C14H19N3O2S. The molecule has 0 amide bonds. The van der Waals surface area contributed by atoms with Crippen LogP contribution in [0.15, 0.2) is 29.2 Å². The lowest BCUT2D eigenvalue weighted by Gasteiger charge is -2.23. The van der Waals surface area contributed by atoms with Crippen molar-refractivity contribution in [3.05, 3.63) is 29.8 Å². The van der Waals surface area contributed by atoms with Crippen LogP contribution in [0.5, 0.6) is 0 Å². The molecular weight excluding hydrogens is 274 g/mol. The maximum absolute atomic E-state index is 12.3. The minimum Gasteiger partial charge on any atom is -0.329 e. The van der Waals surface area contributed by atoms with E-state index < -0.39 is 10.0 Å². The second-order valence-electron chi connectivity index (χ2n) is 5.14. The van der Waals surface area contributed by atoms with Crippen LogP contribution in [0.25, 0.3) is 0 Å². The van der Waals surface area contributed by atoms with Crippen LogP contribution in [0.3, 0.4) is 0 Å². The van der Waals surface area contributed by atoms with Gasteiger partial charge in [0.1, 0.15) is 0 Å². The molecule has 3 N–H and O–H groups in total. The fourth-order valence-electron chi connectivity index (χ4n) is 2.67. The predicted molar refractivity (Wildman–Crippen MR) is 76.3 cm³/mol. The van der Waals surface area contributed by atoms with Crippen molar-refractivity contribution in [2.75, 3.05) is 6.54 Å². The Morgan fingerprint density at radius 1 is 1.30 bits per heavy atom. The maximum atomic E-state index is 12.3. The first-order valence-electron chi connectivity index (χ1n) is 6.79. The molecule has 108 valence electrons. The van der Waals surface area contributed by atoms with Crippen LogP contribution < -0.4 is 10.5 Å². The van der Waals surface area contributed by atoms with Crippen molar-refractivity contribution < 1.29 is 8.42 Å². The van der Waals surface area contributed by atoms with Gasteiger partial charge in [-0.3, -0.25) is 0 Å². The molecule has 20 heavy (non-hydrogen) atoms. The van der Waals surface area contributed by atoms with Crippen LogP contribution in [0.2, 0.25) is 0 Å². The van der Waals surface area contributed by atoms with Gasteiger partial charge >= 0.3 is 0 Å². The molecule has 0 aromatic heterocycles. The molecule has 1 aliphatic carbocycles. The molecule has 1 atom stereocenters. The summed E-state index contributed by atoms with van der Waals surface area (Å²) in [4.78, 5) is 0.174. The van der Waals surface area contributed by atoms with E-state index in [2.05, 4.69) is 4.72 Å². The molecule has 1 unspecified atom stereocenters. The maximum Gasteiger partial charge on any atom is 0.240 e. The van der Waals surface area contributed by atoms with Crippen molar-refractivity contribution in [2.24, 2.45) is 11.7 Å². The number of sulfonamides is 1. The highest BCUT2D eigenvalue weighted by Gasteiger charge is 2.28. The molecule has 5 nitrogen and oxygen atoms in total. The van der Waals surface area contributed by atoms with E-state index in [0.717, 1.165) is 25.7 Å². The number of nitriles is 1. The quantitative estimate of drug-likeness (QED) is 0.856. The Bertz CT molecular complexity index is 584. The zero-order valence-electron chi connectivity index (χ0n) is 11.2. The molecule has 0 bridgehead atoms. The highest BCUT2D eigenvalue weighted by Crippen LogP contribution is 2.28. The van der Waals surface area contributed by atoms with E-state index in [-0.39, 0.29) is 10.9 Å². The smallest absolute Gasteiger partial charge is 0.240 e. The zero-order valence-corrected chi connectivity index (χ0v) is 12.1. The summed E-state index contributed by atoms with van der Waals surface area (Å²) >= 11 is 0. The number of nitrogens with one attached hydrogen (secondary N) is 1. The van der Waals surface area contributed by atoms with Crippen LogP contribution in [0.4, 0.5) is 0 Å². The van der Waals surface area contributed by atoms with E-state index in [1.807, 2.05) is 6.07 Å². The van der Waals surface area contributed by atoms with Gasteiger partial charge in [-0.1, -0.05) is 12.8 Å². The number of hydrogen-bond acceptors (Lipinski definition) is 4. The van der Waals surface area contributed by atoms with Gasteiger partial charge in [0.2, 0.25) is 10.0 Å². The molecule has 1 aromatic rings. The zero-order chi connectivity index (χ0) is 14.6. The molecule has 1 aliphatic rings. The van der Waals surface area contributed by atoms with Crippen LogP contribution in [-0.4, -0.2) is 21.0 Å². The van der Waals surface area contributed by atoms with Gasteiger partial charge in [0.05, 0.1) is 16.5 Å². The minimum atomic E-state index is -3.57. The number of benzene rings is 1. The van der Waals surface area contributed by atoms with Crippen LogP contribution in [0, 0.1) is 17.2 Å². The molecule has 1 saturated carbocycles. The first-order valence-corrected chi connectivity index (χ1v) is 8.27. The average molecular weight is 293 g/mol. The number of rotatable bonds is 5. The number of hydrogen-bond donors (Lipinski definition) is 2. The third-order valence-corrected chi connectivity index (χ3v) is 5.33. The van der Waals surface area contributed by atoms with E-state index in [1.54, 1.807) is 0 Å². The second kappa shape index (κ2) is 6.35. The van der Waals surface area contributed by atoms with Gasteiger partial charge in [-0.15, -0.1) is 0 Å². The summed E-state index contributed by atoms with van der Waals surface area (Å²) in [6, 6.07) is 7.66. The summed E-state index contributed by atoms with van der Waals surface area (Å²) in [6.07, 6.45) is 4.33. The summed E-state index contributed by atoms with van der Waals surface area (Å²) < 4.78 is 27.3. The van der Waals surface area contributed by atoms with Gasteiger partial charge in [-0.25, -0.2) is 13.1 Å². The summed E-state index contributed by atoms with van der Waals surface area (Å²) in [5.41, 5.74) is 6.15. The Morgan fingerprint density at radius 2 is 1.90 bits per heavy atom. The summed E-state index contributed by atoms with van der Waals surface area (Å²) in [6.45, 7) is 0.306. The van der Waals surface area contributed by atoms with Gasteiger partial charge < -0.3 is 5.73 Å². The lowest BCUT2D eigenvalue weighted by molar-refractivity contribution is 0.405. The highest BCUT2D eigenvalue weighted by atomic mass is 32.2. The van der Waals surface area contributed by atoms with Gasteiger partial charge in [-0.05, 0) is 43.0 Å². The second-order valence-corrected chi connectivity index (χ2v) is 6.86. The lowest BCUT2D eigenvalue weighted by Crippen LogP contribution is -2.44. The molecule has 0 radical (unpaired) electrons. The Hall–Kier alpha value is -1.42. The van der Waals surface area contributed by atoms with E-state index in [0.29, 0.717) is 18.0 Å². The van der Waals surface area contributed by atoms with Crippen molar-refractivity contribution in [1.29, 1.82) is 5.26 Å². The lowest BCUT2D eigenvalue weighted by atomic mass is 9.99. The summed E-state index contributed by atoms with van der Waals surface area (Å²) in [5.74, 6) is 0.327. The molecule has 0 heterocycles. The van der Waals surface area contributed by atoms with Gasteiger partial charge in [-0.2, -0.15) is 5.26 Å². The molecule has 6 heteroatoms. The van der Waals surface area contributed by atoms with E-state index in [1.165, 1.54) is 24.3 Å². The van der Waals surface area contributed by atoms with E-state index in [4.69, 9.17) is 11.0 Å². The van der Waals surface area contributed by atoms with Crippen LogP contribution in [0.1, 0.15) is 31.2 Å². The first-order chi connectivity index (χ1) is 9.56. The molecule has 0 saturated heterocycles. The predicted octanol–water partition coefficient (Wildman–Crippen LogP) is 1.35. The van der Waals surface area contributed by atoms with Crippen LogP contribution in [-0.2, 0) is 10.0 Å². The fourth-order valence-corrected chi connectivity index (χ4v) is 3.99. The van der Waals surface area contributed by atoms with E-state index in [9.17, 15) is 8.42 Å². The number of nitrogens with zero attached hydrogens (tertiary/aromatic N) is 1. The standard InChI is InChI=1S/C14H19N3O2S/c15-9-11-5-7-13(8-6-11)20(18,19)17-14(10-16)12-3-1-2-4-12/h5-8,12,14,17H,1-4,10,16H2. The third-order valence-electron chi connectivity index (χ3n) is 3.82. The molecule has 1 fully saturated rings.